The Bertz CT molecular complexity index is 858. The highest BCUT2D eigenvalue weighted by atomic mass is 127. The molecule has 0 saturated carbocycles. The zero-order valence-electron chi connectivity index (χ0n) is 16.4. The van der Waals surface area contributed by atoms with Crippen LogP contribution in [0.5, 0.6) is 11.5 Å². The molecule has 2 aromatic rings. The average molecular weight is 518 g/mol. The normalized spacial score (nSPS) is 14.4. The number of rotatable bonds is 4. The standard InChI is InChI=1S/C20H24F2N4O2.HI/c1-23-20(24-13-14-11-16(28-2)4-6-19(14)27)26-9-7-25(8-10-26)18-12-15(21)3-5-17(18)22;/h3-6,11-12,27H,7-10,13H2,1-2H3,(H,23,24);1H. The van der Waals surface area contributed by atoms with Crippen LogP contribution in [0.4, 0.5) is 14.5 Å². The lowest BCUT2D eigenvalue weighted by Crippen LogP contribution is -2.52. The number of methoxy groups -OCH3 is 1. The molecule has 0 bridgehead atoms. The number of nitrogens with one attached hydrogen (secondary N) is 1. The van der Waals surface area contributed by atoms with Crippen LogP contribution < -0.4 is 15.0 Å². The van der Waals surface area contributed by atoms with Gasteiger partial charge in [-0.15, -0.1) is 24.0 Å². The molecule has 6 nitrogen and oxygen atoms in total. The van der Waals surface area contributed by atoms with Crippen LogP contribution in [-0.4, -0.2) is 56.3 Å². The van der Waals surface area contributed by atoms with Crippen LogP contribution in [0.25, 0.3) is 0 Å². The van der Waals surface area contributed by atoms with Gasteiger partial charge < -0.3 is 25.0 Å². The molecule has 0 unspecified atom stereocenters. The minimum atomic E-state index is -0.450. The predicted molar refractivity (Wildman–Crippen MR) is 120 cm³/mol. The van der Waals surface area contributed by atoms with Crippen LogP contribution >= 0.6 is 24.0 Å². The van der Waals surface area contributed by atoms with Gasteiger partial charge in [0.15, 0.2) is 5.96 Å². The second-order valence-electron chi connectivity index (χ2n) is 6.47. The van der Waals surface area contributed by atoms with E-state index in [0.717, 1.165) is 12.1 Å². The third-order valence-corrected chi connectivity index (χ3v) is 4.76. The van der Waals surface area contributed by atoms with E-state index in [2.05, 4.69) is 10.3 Å². The first-order chi connectivity index (χ1) is 13.5. The minimum Gasteiger partial charge on any atom is -0.508 e. The Labute approximate surface area is 186 Å². The smallest absolute Gasteiger partial charge is 0.194 e. The maximum Gasteiger partial charge on any atom is 0.194 e. The van der Waals surface area contributed by atoms with Crippen molar-refractivity contribution in [3.63, 3.8) is 0 Å². The van der Waals surface area contributed by atoms with Crippen molar-refractivity contribution in [2.75, 3.05) is 45.2 Å². The largest absolute Gasteiger partial charge is 0.508 e. The van der Waals surface area contributed by atoms with E-state index in [1.54, 1.807) is 32.4 Å². The number of hydrogen-bond acceptors (Lipinski definition) is 4. The van der Waals surface area contributed by atoms with E-state index in [0.29, 0.717) is 50.0 Å². The van der Waals surface area contributed by atoms with Crippen LogP contribution in [0.3, 0.4) is 0 Å². The molecule has 1 saturated heterocycles. The fourth-order valence-corrected chi connectivity index (χ4v) is 3.22. The number of phenols is 1. The first kappa shape index (κ1) is 23.0. The number of guanidine groups is 1. The third kappa shape index (κ3) is 5.62. The SMILES string of the molecule is CN=C(NCc1cc(OC)ccc1O)N1CCN(c2cc(F)ccc2F)CC1.I. The molecular weight excluding hydrogens is 493 g/mol. The molecule has 0 amide bonds. The summed E-state index contributed by atoms with van der Waals surface area (Å²) in [4.78, 5) is 8.17. The van der Waals surface area contributed by atoms with Crippen molar-refractivity contribution in [2.45, 2.75) is 6.54 Å². The second-order valence-corrected chi connectivity index (χ2v) is 6.47. The Kier molecular flexibility index (Phi) is 8.30. The number of phenolic OH excluding ortho intramolecular Hbond substituents is 1. The fourth-order valence-electron chi connectivity index (χ4n) is 3.22. The van der Waals surface area contributed by atoms with Gasteiger partial charge in [-0.3, -0.25) is 4.99 Å². The zero-order chi connectivity index (χ0) is 20.1. The third-order valence-electron chi connectivity index (χ3n) is 4.76. The van der Waals surface area contributed by atoms with Crippen molar-refractivity contribution in [3.8, 4) is 11.5 Å². The van der Waals surface area contributed by atoms with Gasteiger partial charge in [-0.1, -0.05) is 0 Å². The number of anilines is 1. The molecule has 158 valence electrons. The lowest BCUT2D eigenvalue weighted by Gasteiger charge is -2.37. The number of piperazine rings is 1. The number of ether oxygens (including phenoxy) is 1. The summed E-state index contributed by atoms with van der Waals surface area (Å²) in [6, 6.07) is 8.54. The van der Waals surface area contributed by atoms with E-state index < -0.39 is 11.6 Å². The summed E-state index contributed by atoms with van der Waals surface area (Å²) < 4.78 is 32.6. The number of benzene rings is 2. The molecule has 2 aromatic carbocycles. The minimum absolute atomic E-state index is 0. The highest BCUT2D eigenvalue weighted by Crippen LogP contribution is 2.23. The molecule has 1 heterocycles. The van der Waals surface area contributed by atoms with Gasteiger partial charge in [-0.25, -0.2) is 8.78 Å². The van der Waals surface area contributed by atoms with E-state index in [4.69, 9.17) is 4.74 Å². The molecule has 9 heteroatoms. The monoisotopic (exact) mass is 518 g/mol. The van der Waals surface area contributed by atoms with Gasteiger partial charge in [0.1, 0.15) is 23.1 Å². The van der Waals surface area contributed by atoms with E-state index in [1.807, 2.05) is 9.80 Å². The summed E-state index contributed by atoms with van der Waals surface area (Å²) in [6.45, 7) is 2.70. The van der Waals surface area contributed by atoms with Crippen LogP contribution in [0.1, 0.15) is 5.56 Å². The lowest BCUT2D eigenvalue weighted by molar-refractivity contribution is 0.369. The van der Waals surface area contributed by atoms with E-state index in [1.165, 1.54) is 6.07 Å². The summed E-state index contributed by atoms with van der Waals surface area (Å²) in [5.74, 6) is 0.646. The van der Waals surface area contributed by atoms with Crippen molar-refractivity contribution in [1.29, 1.82) is 0 Å². The highest BCUT2D eigenvalue weighted by molar-refractivity contribution is 14.0. The molecule has 1 aliphatic rings. The van der Waals surface area contributed by atoms with Crippen LogP contribution in [0, 0.1) is 11.6 Å². The maximum atomic E-state index is 14.0. The summed E-state index contributed by atoms with van der Waals surface area (Å²) in [5.41, 5.74) is 0.977. The van der Waals surface area contributed by atoms with Crippen molar-refractivity contribution in [2.24, 2.45) is 4.99 Å². The summed E-state index contributed by atoms with van der Waals surface area (Å²) in [7, 11) is 3.26. The van der Waals surface area contributed by atoms with Crippen molar-refractivity contribution >= 4 is 35.6 Å². The molecular formula is C20H25F2IN4O2. The van der Waals surface area contributed by atoms with Crippen molar-refractivity contribution in [1.82, 2.24) is 10.2 Å². The molecule has 0 spiro atoms. The van der Waals surface area contributed by atoms with E-state index in [-0.39, 0.29) is 35.4 Å². The zero-order valence-corrected chi connectivity index (χ0v) is 18.7. The number of nitrogens with zero attached hydrogens (tertiary/aromatic N) is 3. The van der Waals surface area contributed by atoms with Crippen molar-refractivity contribution < 1.29 is 18.6 Å². The van der Waals surface area contributed by atoms with Crippen LogP contribution in [-0.2, 0) is 6.54 Å². The summed E-state index contributed by atoms with van der Waals surface area (Å²) >= 11 is 0. The number of hydrogen-bond donors (Lipinski definition) is 2. The van der Waals surface area contributed by atoms with Crippen LogP contribution in [0.2, 0.25) is 0 Å². The summed E-state index contributed by atoms with van der Waals surface area (Å²) in [5, 5.41) is 13.2. The van der Waals surface area contributed by atoms with E-state index in [9.17, 15) is 13.9 Å². The Morgan fingerprint density at radius 3 is 2.52 bits per heavy atom. The number of halogens is 3. The quantitative estimate of drug-likeness (QED) is 0.370. The first-order valence-corrected chi connectivity index (χ1v) is 9.03. The second kappa shape index (κ2) is 10.5. The number of aliphatic imine (C=N–C) groups is 1. The topological polar surface area (TPSA) is 60.3 Å². The van der Waals surface area contributed by atoms with Gasteiger partial charge in [-0.2, -0.15) is 0 Å². The lowest BCUT2D eigenvalue weighted by atomic mass is 10.2. The molecule has 0 radical (unpaired) electrons. The molecule has 1 fully saturated rings. The first-order valence-electron chi connectivity index (χ1n) is 9.03. The van der Waals surface area contributed by atoms with Gasteiger partial charge >= 0.3 is 0 Å². The van der Waals surface area contributed by atoms with Gasteiger partial charge in [0.2, 0.25) is 0 Å². The van der Waals surface area contributed by atoms with Crippen molar-refractivity contribution in [3.05, 3.63) is 53.6 Å². The molecule has 3 rings (SSSR count). The Balaban J connectivity index is 0.00000300. The van der Waals surface area contributed by atoms with Gasteiger partial charge in [0.25, 0.3) is 0 Å². The Hall–Kier alpha value is -2.30. The van der Waals surface area contributed by atoms with Gasteiger partial charge in [0.05, 0.1) is 12.8 Å². The maximum absolute atomic E-state index is 14.0. The Morgan fingerprint density at radius 1 is 1.14 bits per heavy atom. The molecule has 0 aromatic heterocycles. The average Bonchev–Trinajstić information content (AvgIpc) is 2.72. The highest BCUT2D eigenvalue weighted by Gasteiger charge is 2.22. The number of aromatic hydroxyl groups is 1. The van der Waals surface area contributed by atoms with E-state index >= 15 is 0 Å². The van der Waals surface area contributed by atoms with Crippen LogP contribution in [0.15, 0.2) is 41.4 Å². The molecule has 0 aliphatic carbocycles. The van der Waals surface area contributed by atoms with Gasteiger partial charge in [-0.05, 0) is 30.3 Å². The predicted octanol–water partition coefficient (Wildman–Crippen LogP) is 3.19. The molecule has 29 heavy (non-hydrogen) atoms. The molecule has 0 atom stereocenters. The summed E-state index contributed by atoms with van der Waals surface area (Å²) in [6.07, 6.45) is 0. The molecule has 1 aliphatic heterocycles. The van der Waals surface area contributed by atoms with Gasteiger partial charge in [0, 0.05) is 51.4 Å². The Morgan fingerprint density at radius 2 is 1.86 bits per heavy atom. The molecule has 2 N–H and O–H groups in total. The fraction of sp³-hybridized carbons (Fsp3) is 0.350.